The molecule has 0 bridgehead atoms. The SMILES string of the molecule is Cc1nsc(Nc2c([N+](=O)[O-])cc([N+](=O)[O-])cc2C(F)(F)F)c1Cl. The van der Waals surface area contributed by atoms with Crippen LogP contribution in [0.15, 0.2) is 12.1 Å². The molecule has 128 valence electrons. The fourth-order valence-corrected chi connectivity index (χ4v) is 2.70. The van der Waals surface area contributed by atoms with Crippen LogP contribution in [0.25, 0.3) is 0 Å². The maximum absolute atomic E-state index is 13.2. The Kier molecular flexibility index (Phi) is 4.62. The Morgan fingerprint density at radius 1 is 1.25 bits per heavy atom. The van der Waals surface area contributed by atoms with E-state index in [1.807, 2.05) is 0 Å². The molecule has 1 aromatic carbocycles. The largest absolute Gasteiger partial charge is 0.418 e. The zero-order valence-electron chi connectivity index (χ0n) is 11.5. The molecule has 0 aliphatic rings. The molecule has 13 heteroatoms. The van der Waals surface area contributed by atoms with Gasteiger partial charge in [0.2, 0.25) is 0 Å². The Bertz CT molecular complexity index is 839. The number of nitro groups is 2. The summed E-state index contributed by atoms with van der Waals surface area (Å²) >= 11 is 6.57. The Morgan fingerprint density at radius 3 is 2.29 bits per heavy atom. The van der Waals surface area contributed by atoms with Crippen LogP contribution in [0.2, 0.25) is 5.02 Å². The lowest BCUT2D eigenvalue weighted by atomic mass is 10.1. The van der Waals surface area contributed by atoms with Gasteiger partial charge in [-0.2, -0.15) is 17.5 Å². The van der Waals surface area contributed by atoms with E-state index in [1.165, 1.54) is 6.92 Å². The third kappa shape index (κ3) is 3.38. The van der Waals surface area contributed by atoms with Crippen molar-refractivity contribution < 1.29 is 23.0 Å². The van der Waals surface area contributed by atoms with Gasteiger partial charge in [-0.25, -0.2) is 0 Å². The average Bonchev–Trinajstić information content (AvgIpc) is 2.77. The summed E-state index contributed by atoms with van der Waals surface area (Å²) in [5.41, 5.74) is -4.32. The molecule has 0 amide bonds. The fraction of sp³-hybridized carbons (Fsp3) is 0.182. The van der Waals surface area contributed by atoms with Gasteiger partial charge >= 0.3 is 6.18 Å². The average molecular weight is 383 g/mol. The van der Waals surface area contributed by atoms with Crippen molar-refractivity contribution in [3.05, 3.63) is 48.6 Å². The van der Waals surface area contributed by atoms with Gasteiger partial charge in [-0.1, -0.05) is 11.6 Å². The van der Waals surface area contributed by atoms with Crippen molar-refractivity contribution in [2.75, 3.05) is 5.32 Å². The molecule has 1 N–H and O–H groups in total. The van der Waals surface area contributed by atoms with Gasteiger partial charge in [0, 0.05) is 6.07 Å². The van der Waals surface area contributed by atoms with Crippen LogP contribution in [0, 0.1) is 27.2 Å². The van der Waals surface area contributed by atoms with Crippen molar-refractivity contribution in [3.63, 3.8) is 0 Å². The molecule has 1 heterocycles. The molecule has 0 unspecified atom stereocenters. The van der Waals surface area contributed by atoms with E-state index in [9.17, 15) is 33.4 Å². The van der Waals surface area contributed by atoms with Crippen LogP contribution >= 0.6 is 23.1 Å². The maximum atomic E-state index is 13.2. The summed E-state index contributed by atoms with van der Waals surface area (Å²) in [5.74, 6) is 0. The first-order valence-corrected chi connectivity index (χ1v) is 7.10. The summed E-state index contributed by atoms with van der Waals surface area (Å²) in [6.45, 7) is 1.50. The molecule has 0 spiro atoms. The van der Waals surface area contributed by atoms with Gasteiger partial charge in [0.1, 0.15) is 10.7 Å². The number of nitro benzene ring substituents is 2. The standard InChI is InChI=1S/C11H6ClF3N4O4S/c1-4-8(12)10(24-17-4)16-9-6(11(13,14)15)2-5(18(20)21)3-7(9)19(22)23/h2-3,16H,1H3. The number of aromatic nitrogens is 1. The second-order valence-corrected chi connectivity index (χ2v) is 5.59. The lowest BCUT2D eigenvalue weighted by molar-refractivity contribution is -0.394. The van der Waals surface area contributed by atoms with E-state index >= 15 is 0 Å². The Hall–Kier alpha value is -2.47. The molecular weight excluding hydrogens is 377 g/mol. The normalized spacial score (nSPS) is 11.4. The molecule has 2 rings (SSSR count). The van der Waals surface area contributed by atoms with E-state index in [2.05, 4.69) is 9.69 Å². The number of anilines is 2. The van der Waals surface area contributed by atoms with Crippen LogP contribution in [-0.2, 0) is 6.18 Å². The third-order valence-corrected chi connectivity index (χ3v) is 4.27. The number of nitrogens with zero attached hydrogens (tertiary/aromatic N) is 3. The molecule has 24 heavy (non-hydrogen) atoms. The first-order chi connectivity index (χ1) is 11.0. The summed E-state index contributed by atoms with van der Waals surface area (Å²) in [6.07, 6.45) is -5.06. The van der Waals surface area contributed by atoms with E-state index < -0.39 is 38.6 Å². The van der Waals surface area contributed by atoms with Crippen molar-refractivity contribution >= 4 is 45.2 Å². The third-order valence-electron chi connectivity index (χ3n) is 2.84. The zero-order valence-corrected chi connectivity index (χ0v) is 13.1. The summed E-state index contributed by atoms with van der Waals surface area (Å²) in [4.78, 5) is 19.5. The number of benzene rings is 1. The quantitative estimate of drug-likeness (QED) is 0.606. The topological polar surface area (TPSA) is 111 Å². The lowest BCUT2D eigenvalue weighted by Crippen LogP contribution is -2.11. The van der Waals surface area contributed by atoms with Crippen LogP contribution < -0.4 is 5.32 Å². The number of alkyl halides is 3. The highest BCUT2D eigenvalue weighted by Crippen LogP contribution is 2.45. The number of hydrogen-bond donors (Lipinski definition) is 1. The van der Waals surface area contributed by atoms with Crippen LogP contribution in [0.5, 0.6) is 0 Å². The van der Waals surface area contributed by atoms with Crippen LogP contribution in [0.1, 0.15) is 11.3 Å². The predicted molar refractivity (Wildman–Crippen MR) is 79.9 cm³/mol. The molecule has 0 aliphatic carbocycles. The van der Waals surface area contributed by atoms with Gasteiger partial charge in [-0.05, 0) is 18.5 Å². The minimum Gasteiger partial charge on any atom is -0.339 e. The minimum atomic E-state index is -5.06. The van der Waals surface area contributed by atoms with Crippen molar-refractivity contribution in [1.82, 2.24) is 4.37 Å². The van der Waals surface area contributed by atoms with Crippen LogP contribution in [0.4, 0.5) is 35.2 Å². The van der Waals surface area contributed by atoms with Gasteiger partial charge in [0.25, 0.3) is 11.4 Å². The van der Waals surface area contributed by atoms with Gasteiger partial charge < -0.3 is 5.32 Å². The zero-order chi connectivity index (χ0) is 18.2. The fourth-order valence-electron chi connectivity index (χ4n) is 1.77. The molecule has 0 aliphatic heterocycles. The second kappa shape index (κ2) is 6.20. The monoisotopic (exact) mass is 382 g/mol. The maximum Gasteiger partial charge on any atom is 0.418 e. The van der Waals surface area contributed by atoms with Gasteiger partial charge in [0.15, 0.2) is 0 Å². The van der Waals surface area contributed by atoms with Crippen molar-refractivity contribution in [1.29, 1.82) is 0 Å². The summed E-state index contributed by atoms with van der Waals surface area (Å²) in [5, 5.41) is 24.0. The van der Waals surface area contributed by atoms with Crippen LogP contribution in [-0.4, -0.2) is 14.2 Å². The van der Waals surface area contributed by atoms with E-state index in [0.717, 1.165) is 0 Å². The molecule has 8 nitrogen and oxygen atoms in total. The number of rotatable bonds is 4. The van der Waals surface area contributed by atoms with E-state index in [0.29, 0.717) is 23.3 Å². The summed E-state index contributed by atoms with van der Waals surface area (Å²) < 4.78 is 43.5. The molecule has 0 atom stereocenters. The van der Waals surface area contributed by atoms with Crippen LogP contribution in [0.3, 0.4) is 0 Å². The summed E-state index contributed by atoms with van der Waals surface area (Å²) in [7, 11) is 0. The van der Waals surface area contributed by atoms with Gasteiger partial charge in [-0.3, -0.25) is 20.2 Å². The highest BCUT2D eigenvalue weighted by Gasteiger charge is 2.40. The molecule has 2 aromatic rings. The Balaban J connectivity index is 2.73. The molecule has 0 saturated carbocycles. The van der Waals surface area contributed by atoms with E-state index in [4.69, 9.17) is 11.6 Å². The number of nitrogens with one attached hydrogen (secondary N) is 1. The van der Waals surface area contributed by atoms with Gasteiger partial charge in [0.05, 0.1) is 32.2 Å². The first-order valence-electron chi connectivity index (χ1n) is 5.95. The van der Waals surface area contributed by atoms with Crippen molar-refractivity contribution in [2.45, 2.75) is 13.1 Å². The number of halogens is 4. The summed E-state index contributed by atoms with van der Waals surface area (Å²) in [6, 6.07) is 0.663. The Morgan fingerprint density at radius 2 is 1.88 bits per heavy atom. The Labute approximate surface area is 140 Å². The first kappa shape index (κ1) is 17.9. The number of aryl methyl sites for hydroxylation is 1. The van der Waals surface area contributed by atoms with Crippen molar-refractivity contribution in [2.24, 2.45) is 0 Å². The predicted octanol–water partition coefficient (Wildman–Crippen LogP) is 4.68. The smallest absolute Gasteiger partial charge is 0.339 e. The van der Waals surface area contributed by atoms with Gasteiger partial charge in [-0.15, -0.1) is 0 Å². The molecule has 0 saturated heterocycles. The lowest BCUT2D eigenvalue weighted by Gasteiger charge is -2.14. The number of hydrogen-bond acceptors (Lipinski definition) is 7. The molecule has 0 fully saturated rings. The van der Waals surface area contributed by atoms with E-state index in [1.54, 1.807) is 0 Å². The number of non-ortho nitro benzene ring substituents is 1. The van der Waals surface area contributed by atoms with E-state index in [-0.39, 0.29) is 16.1 Å². The molecule has 0 radical (unpaired) electrons. The molecule has 1 aromatic heterocycles. The highest BCUT2D eigenvalue weighted by atomic mass is 35.5. The highest BCUT2D eigenvalue weighted by molar-refractivity contribution is 7.11. The second-order valence-electron chi connectivity index (χ2n) is 4.44. The molecular formula is C11H6ClF3N4O4S. The minimum absolute atomic E-state index is 0.000718. The van der Waals surface area contributed by atoms with Crippen molar-refractivity contribution in [3.8, 4) is 0 Å².